The number of carboxylic acids is 1. The number of aryl methyl sites for hydroxylation is 1. The fraction of sp³-hybridized carbons (Fsp3) is 0.615. The fourth-order valence-electron chi connectivity index (χ4n) is 2.31. The van der Waals surface area contributed by atoms with Crippen LogP contribution in [-0.4, -0.2) is 36.4 Å². The van der Waals surface area contributed by atoms with Gasteiger partial charge in [-0.1, -0.05) is 0 Å². The van der Waals surface area contributed by atoms with Crippen molar-refractivity contribution in [3.63, 3.8) is 0 Å². The van der Waals surface area contributed by atoms with Gasteiger partial charge in [-0.05, 0) is 38.5 Å². The molecule has 0 aliphatic heterocycles. The zero-order chi connectivity index (χ0) is 14.5. The molecule has 0 spiro atoms. The lowest BCUT2D eigenvalue weighted by molar-refractivity contribution is 0.0661. The molecular weight excluding hydrogens is 282 g/mol. The van der Waals surface area contributed by atoms with Crippen molar-refractivity contribution in [3.05, 3.63) is 17.6 Å². The minimum atomic E-state index is -3.66. The first-order valence-electron chi connectivity index (χ1n) is 6.75. The maximum Gasteiger partial charge on any atom is 0.371 e. The Hall–Kier alpha value is -1.34. The molecule has 2 saturated carbocycles. The average molecular weight is 299 g/mol. The summed E-state index contributed by atoms with van der Waals surface area (Å²) in [5.74, 6) is -0.988. The van der Waals surface area contributed by atoms with Crippen molar-refractivity contribution >= 4 is 16.0 Å². The zero-order valence-corrected chi connectivity index (χ0v) is 12.0. The molecule has 1 N–H and O–H groups in total. The van der Waals surface area contributed by atoms with Crippen LogP contribution in [0.25, 0.3) is 0 Å². The van der Waals surface area contributed by atoms with E-state index in [-0.39, 0.29) is 22.5 Å². The quantitative estimate of drug-likeness (QED) is 0.866. The highest BCUT2D eigenvalue weighted by atomic mass is 32.2. The highest BCUT2D eigenvalue weighted by Gasteiger charge is 2.42. The lowest BCUT2D eigenvalue weighted by atomic mass is 10.4. The average Bonchev–Trinajstić information content (AvgIpc) is 3.25. The summed E-state index contributed by atoms with van der Waals surface area (Å²) in [7, 11) is -3.66. The van der Waals surface area contributed by atoms with Gasteiger partial charge in [-0.3, -0.25) is 0 Å². The number of carbonyl (C=O) groups is 1. The van der Waals surface area contributed by atoms with E-state index in [0.29, 0.717) is 12.5 Å². The molecule has 0 saturated heterocycles. The van der Waals surface area contributed by atoms with E-state index in [0.717, 1.165) is 31.7 Å². The third kappa shape index (κ3) is 2.47. The molecule has 0 radical (unpaired) electrons. The van der Waals surface area contributed by atoms with Gasteiger partial charge in [0, 0.05) is 18.7 Å². The van der Waals surface area contributed by atoms with Gasteiger partial charge in [-0.25, -0.2) is 13.2 Å². The normalized spacial score (nSPS) is 19.5. The molecule has 1 heterocycles. The molecular formula is C13H17NO5S. The summed E-state index contributed by atoms with van der Waals surface area (Å²) < 4.78 is 32.0. The van der Waals surface area contributed by atoms with Gasteiger partial charge in [0.1, 0.15) is 10.7 Å². The van der Waals surface area contributed by atoms with Crippen LogP contribution in [0, 0.1) is 12.8 Å². The van der Waals surface area contributed by atoms with Crippen LogP contribution in [0.1, 0.15) is 42.0 Å². The van der Waals surface area contributed by atoms with E-state index in [2.05, 4.69) is 0 Å². The van der Waals surface area contributed by atoms with Crippen molar-refractivity contribution in [2.45, 2.75) is 43.5 Å². The van der Waals surface area contributed by atoms with Gasteiger partial charge < -0.3 is 9.52 Å². The molecule has 0 amide bonds. The summed E-state index contributed by atoms with van der Waals surface area (Å²) in [4.78, 5) is 10.9. The van der Waals surface area contributed by atoms with Crippen LogP contribution in [0.4, 0.5) is 0 Å². The Balaban J connectivity index is 1.94. The standard InChI is InChI=1S/C13H17NO5S/c1-8-12(6-11(19-8)13(15)16)20(17,18)14(10-4-5-10)7-9-2-3-9/h6,9-10H,2-5,7H2,1H3,(H,15,16). The summed E-state index contributed by atoms with van der Waals surface area (Å²) in [6, 6.07) is 1.19. The van der Waals surface area contributed by atoms with Crippen molar-refractivity contribution < 1.29 is 22.7 Å². The van der Waals surface area contributed by atoms with E-state index in [4.69, 9.17) is 9.52 Å². The van der Waals surface area contributed by atoms with Crippen LogP contribution in [0.15, 0.2) is 15.4 Å². The third-order valence-electron chi connectivity index (χ3n) is 3.76. The molecule has 110 valence electrons. The van der Waals surface area contributed by atoms with E-state index in [1.165, 1.54) is 11.2 Å². The number of furan rings is 1. The number of carboxylic acid groups (broad SMARTS) is 1. The molecule has 2 aliphatic rings. The number of aromatic carboxylic acids is 1. The van der Waals surface area contributed by atoms with Gasteiger partial charge in [0.15, 0.2) is 0 Å². The number of hydrogen-bond donors (Lipinski definition) is 1. The van der Waals surface area contributed by atoms with E-state index in [1.54, 1.807) is 0 Å². The first kappa shape index (κ1) is 13.6. The van der Waals surface area contributed by atoms with Gasteiger partial charge in [-0.2, -0.15) is 4.31 Å². The molecule has 20 heavy (non-hydrogen) atoms. The highest BCUT2D eigenvalue weighted by molar-refractivity contribution is 7.89. The number of rotatable bonds is 6. The van der Waals surface area contributed by atoms with Crippen LogP contribution < -0.4 is 0 Å². The van der Waals surface area contributed by atoms with E-state index < -0.39 is 16.0 Å². The lowest BCUT2D eigenvalue weighted by Gasteiger charge is -2.21. The number of hydrogen-bond acceptors (Lipinski definition) is 4. The molecule has 3 rings (SSSR count). The van der Waals surface area contributed by atoms with Crippen LogP contribution in [0.5, 0.6) is 0 Å². The van der Waals surface area contributed by atoms with Gasteiger partial charge >= 0.3 is 5.97 Å². The monoisotopic (exact) mass is 299 g/mol. The summed E-state index contributed by atoms with van der Waals surface area (Å²) >= 11 is 0. The Bertz CT molecular complexity index is 640. The smallest absolute Gasteiger partial charge is 0.371 e. The first-order valence-corrected chi connectivity index (χ1v) is 8.19. The molecule has 1 aromatic rings. The predicted molar refractivity (Wildman–Crippen MR) is 70.0 cm³/mol. The molecule has 2 aliphatic carbocycles. The number of sulfonamides is 1. The van der Waals surface area contributed by atoms with Crippen molar-refractivity contribution in [1.82, 2.24) is 4.31 Å². The van der Waals surface area contributed by atoms with Crippen LogP contribution >= 0.6 is 0 Å². The second-order valence-corrected chi connectivity index (χ2v) is 7.44. The maximum absolute atomic E-state index is 12.7. The van der Waals surface area contributed by atoms with Crippen LogP contribution in [-0.2, 0) is 10.0 Å². The summed E-state index contributed by atoms with van der Waals surface area (Å²) in [5, 5.41) is 8.90. The fourth-order valence-corrected chi connectivity index (χ4v) is 4.24. The molecule has 0 atom stereocenters. The summed E-state index contributed by atoms with van der Waals surface area (Å²) in [6.45, 7) is 2.03. The molecule has 2 fully saturated rings. The van der Waals surface area contributed by atoms with E-state index >= 15 is 0 Å². The maximum atomic E-state index is 12.7. The minimum Gasteiger partial charge on any atom is -0.475 e. The molecule has 1 aromatic heterocycles. The molecule has 0 aromatic carbocycles. The topological polar surface area (TPSA) is 87.8 Å². The zero-order valence-electron chi connectivity index (χ0n) is 11.2. The second-order valence-electron chi connectivity index (χ2n) is 5.59. The Kier molecular flexibility index (Phi) is 3.13. The van der Waals surface area contributed by atoms with E-state index in [1.807, 2.05) is 0 Å². The molecule has 7 heteroatoms. The van der Waals surface area contributed by atoms with Crippen molar-refractivity contribution in [2.24, 2.45) is 5.92 Å². The Labute approximate surface area is 117 Å². The Morgan fingerprint density at radius 2 is 2.05 bits per heavy atom. The summed E-state index contributed by atoms with van der Waals surface area (Å²) in [6.07, 6.45) is 3.91. The highest BCUT2D eigenvalue weighted by Crippen LogP contribution is 2.38. The van der Waals surface area contributed by atoms with Crippen molar-refractivity contribution in [3.8, 4) is 0 Å². The Morgan fingerprint density at radius 3 is 2.50 bits per heavy atom. The van der Waals surface area contributed by atoms with Crippen molar-refractivity contribution in [2.75, 3.05) is 6.54 Å². The van der Waals surface area contributed by atoms with Gasteiger partial charge in [0.2, 0.25) is 15.8 Å². The van der Waals surface area contributed by atoms with E-state index in [9.17, 15) is 13.2 Å². The first-order chi connectivity index (χ1) is 9.39. The largest absolute Gasteiger partial charge is 0.475 e. The van der Waals surface area contributed by atoms with Gasteiger partial charge in [0.25, 0.3) is 0 Å². The van der Waals surface area contributed by atoms with Gasteiger partial charge in [-0.15, -0.1) is 0 Å². The number of nitrogens with zero attached hydrogens (tertiary/aromatic N) is 1. The Morgan fingerprint density at radius 1 is 1.40 bits per heavy atom. The molecule has 0 bridgehead atoms. The van der Waals surface area contributed by atoms with Crippen LogP contribution in [0.2, 0.25) is 0 Å². The predicted octanol–water partition coefficient (Wildman–Crippen LogP) is 1.85. The third-order valence-corrected chi connectivity index (χ3v) is 5.78. The van der Waals surface area contributed by atoms with Crippen molar-refractivity contribution in [1.29, 1.82) is 0 Å². The molecule has 0 unspecified atom stereocenters. The van der Waals surface area contributed by atoms with Crippen LogP contribution in [0.3, 0.4) is 0 Å². The minimum absolute atomic E-state index is 0.0116. The second kappa shape index (κ2) is 4.60. The molecule has 6 nitrogen and oxygen atoms in total. The summed E-state index contributed by atoms with van der Waals surface area (Å²) in [5.41, 5.74) is 0. The SMILES string of the molecule is Cc1oc(C(=O)O)cc1S(=O)(=O)N(CC1CC1)C1CC1. The van der Waals surface area contributed by atoms with Gasteiger partial charge in [0.05, 0.1) is 0 Å². The lowest BCUT2D eigenvalue weighted by Crippen LogP contribution is -2.35.